The van der Waals surface area contributed by atoms with E-state index in [2.05, 4.69) is 20.9 Å². The minimum atomic E-state index is -0.0898. The molecule has 23 heavy (non-hydrogen) atoms. The van der Waals surface area contributed by atoms with Crippen LogP contribution in [0.2, 0.25) is 0 Å². The number of fused-ring (bicyclic) bond motifs is 1. The van der Waals surface area contributed by atoms with Gasteiger partial charge in [-0.2, -0.15) is 0 Å². The molecular weight excluding hydrogens is 312 g/mol. The number of thioether (sulfide) groups is 1. The van der Waals surface area contributed by atoms with E-state index in [-0.39, 0.29) is 18.4 Å². The van der Waals surface area contributed by atoms with Gasteiger partial charge < -0.3 is 14.8 Å². The lowest BCUT2D eigenvalue weighted by atomic mass is 10.3. The van der Waals surface area contributed by atoms with Gasteiger partial charge in [-0.05, 0) is 25.5 Å². The minimum Gasteiger partial charge on any atom is -0.354 e. The number of para-hydroxylation sites is 2. The van der Waals surface area contributed by atoms with E-state index < -0.39 is 0 Å². The topological polar surface area (TPSA) is 67.2 Å². The molecule has 1 aliphatic rings. The molecule has 2 amide bonds. The molecule has 2 heterocycles. The number of rotatable bonds is 6. The van der Waals surface area contributed by atoms with Crippen molar-refractivity contribution >= 4 is 34.6 Å². The van der Waals surface area contributed by atoms with Crippen LogP contribution >= 0.6 is 11.8 Å². The Morgan fingerprint density at radius 1 is 1.39 bits per heavy atom. The molecule has 0 bridgehead atoms. The molecule has 1 aromatic carbocycles. The Labute approximate surface area is 139 Å². The predicted molar refractivity (Wildman–Crippen MR) is 91.1 cm³/mol. The number of carbonyl (C=O) groups excluding carboxylic acids is 2. The standard InChI is InChI=1S/C16H20N4O2S/c1-12-18-13-5-2-3-6-14(13)20(12)8-4-7-17-15(21)9-19-11-23-10-16(19)22/h2-3,5-6H,4,7-11H2,1H3,(H,17,21). The van der Waals surface area contributed by atoms with Crippen LogP contribution in [-0.4, -0.2) is 51.0 Å². The van der Waals surface area contributed by atoms with Crippen LogP contribution < -0.4 is 5.32 Å². The van der Waals surface area contributed by atoms with Gasteiger partial charge in [-0.3, -0.25) is 9.59 Å². The predicted octanol–water partition coefficient (Wildman–Crippen LogP) is 1.38. The van der Waals surface area contributed by atoms with E-state index in [0.29, 0.717) is 18.2 Å². The summed E-state index contributed by atoms with van der Waals surface area (Å²) in [6.45, 7) is 3.57. The van der Waals surface area contributed by atoms with Gasteiger partial charge in [0.15, 0.2) is 0 Å². The molecule has 1 saturated heterocycles. The van der Waals surface area contributed by atoms with Crippen molar-refractivity contribution in [2.75, 3.05) is 24.7 Å². The fourth-order valence-corrected chi connectivity index (χ4v) is 3.62. The Morgan fingerprint density at radius 2 is 2.22 bits per heavy atom. The van der Waals surface area contributed by atoms with Crippen molar-refractivity contribution in [3.05, 3.63) is 30.1 Å². The van der Waals surface area contributed by atoms with Gasteiger partial charge in [-0.25, -0.2) is 4.98 Å². The van der Waals surface area contributed by atoms with Crippen LogP contribution in [0.4, 0.5) is 0 Å². The van der Waals surface area contributed by atoms with Crippen molar-refractivity contribution in [3.8, 4) is 0 Å². The average molecular weight is 332 g/mol. The zero-order valence-electron chi connectivity index (χ0n) is 13.1. The molecule has 122 valence electrons. The number of hydrogen-bond donors (Lipinski definition) is 1. The molecule has 0 unspecified atom stereocenters. The van der Waals surface area contributed by atoms with E-state index in [1.54, 1.807) is 16.7 Å². The number of imidazole rings is 1. The van der Waals surface area contributed by atoms with E-state index in [1.807, 2.05) is 25.1 Å². The van der Waals surface area contributed by atoms with Crippen LogP contribution in [0, 0.1) is 6.92 Å². The molecule has 3 rings (SSSR count). The van der Waals surface area contributed by atoms with Gasteiger partial charge in [0.25, 0.3) is 0 Å². The summed E-state index contributed by atoms with van der Waals surface area (Å²) < 4.78 is 2.17. The summed E-state index contributed by atoms with van der Waals surface area (Å²) in [4.78, 5) is 29.4. The van der Waals surface area contributed by atoms with Crippen LogP contribution in [0.3, 0.4) is 0 Å². The largest absolute Gasteiger partial charge is 0.354 e. The molecule has 0 saturated carbocycles. The normalized spacial score (nSPS) is 14.7. The van der Waals surface area contributed by atoms with Gasteiger partial charge in [-0.15, -0.1) is 11.8 Å². The Hall–Kier alpha value is -2.02. The molecule has 7 heteroatoms. The molecule has 1 aliphatic heterocycles. The van der Waals surface area contributed by atoms with Crippen molar-refractivity contribution in [2.24, 2.45) is 0 Å². The van der Waals surface area contributed by atoms with Crippen molar-refractivity contribution < 1.29 is 9.59 Å². The van der Waals surface area contributed by atoms with Gasteiger partial charge in [0.05, 0.1) is 22.7 Å². The Balaban J connectivity index is 1.46. The molecule has 0 radical (unpaired) electrons. The number of aryl methyl sites for hydroxylation is 2. The zero-order valence-corrected chi connectivity index (χ0v) is 13.9. The summed E-state index contributed by atoms with van der Waals surface area (Å²) in [6, 6.07) is 8.06. The van der Waals surface area contributed by atoms with Gasteiger partial charge in [0.1, 0.15) is 12.4 Å². The lowest BCUT2D eigenvalue weighted by Gasteiger charge is -2.14. The highest BCUT2D eigenvalue weighted by molar-refractivity contribution is 8.00. The number of carbonyl (C=O) groups is 2. The first-order valence-corrected chi connectivity index (χ1v) is 8.85. The molecule has 0 aliphatic carbocycles. The third-order valence-corrected chi connectivity index (χ3v) is 4.83. The number of amides is 2. The maximum Gasteiger partial charge on any atom is 0.239 e. The minimum absolute atomic E-state index is 0.0469. The Bertz CT molecular complexity index is 728. The smallest absolute Gasteiger partial charge is 0.239 e. The third-order valence-electron chi connectivity index (χ3n) is 3.89. The number of nitrogens with one attached hydrogen (secondary N) is 1. The van der Waals surface area contributed by atoms with Crippen LogP contribution in [0.25, 0.3) is 11.0 Å². The number of nitrogens with zero attached hydrogens (tertiary/aromatic N) is 3. The average Bonchev–Trinajstić information content (AvgIpc) is 3.07. The highest BCUT2D eigenvalue weighted by Crippen LogP contribution is 2.16. The molecule has 0 spiro atoms. The summed E-state index contributed by atoms with van der Waals surface area (Å²) in [5, 5.41) is 2.88. The molecule has 0 atom stereocenters. The highest BCUT2D eigenvalue weighted by Gasteiger charge is 2.22. The van der Waals surface area contributed by atoms with Gasteiger partial charge in [-0.1, -0.05) is 12.1 Å². The Morgan fingerprint density at radius 3 is 3.00 bits per heavy atom. The van der Waals surface area contributed by atoms with E-state index in [9.17, 15) is 9.59 Å². The first-order chi connectivity index (χ1) is 11.1. The monoisotopic (exact) mass is 332 g/mol. The summed E-state index contributed by atoms with van der Waals surface area (Å²) >= 11 is 1.55. The number of benzene rings is 1. The van der Waals surface area contributed by atoms with Crippen LogP contribution in [-0.2, 0) is 16.1 Å². The van der Waals surface area contributed by atoms with Crippen molar-refractivity contribution in [1.29, 1.82) is 0 Å². The van der Waals surface area contributed by atoms with Crippen LogP contribution in [0.5, 0.6) is 0 Å². The summed E-state index contributed by atoms with van der Waals surface area (Å²) in [5.74, 6) is 2.04. The first-order valence-electron chi connectivity index (χ1n) is 7.69. The second-order valence-corrected chi connectivity index (χ2v) is 6.53. The van der Waals surface area contributed by atoms with Crippen molar-refractivity contribution in [2.45, 2.75) is 19.9 Å². The lowest BCUT2D eigenvalue weighted by molar-refractivity contribution is -0.132. The van der Waals surface area contributed by atoms with E-state index in [0.717, 1.165) is 29.8 Å². The number of hydrogen-bond acceptors (Lipinski definition) is 4. The fraction of sp³-hybridized carbons (Fsp3) is 0.438. The molecule has 6 nitrogen and oxygen atoms in total. The third kappa shape index (κ3) is 3.67. The van der Waals surface area contributed by atoms with Crippen molar-refractivity contribution in [3.63, 3.8) is 0 Å². The number of aromatic nitrogens is 2. The zero-order chi connectivity index (χ0) is 16.2. The summed E-state index contributed by atoms with van der Waals surface area (Å²) in [5.41, 5.74) is 2.12. The highest BCUT2D eigenvalue weighted by atomic mass is 32.2. The van der Waals surface area contributed by atoms with Crippen molar-refractivity contribution in [1.82, 2.24) is 19.8 Å². The molecule has 1 N–H and O–H groups in total. The summed E-state index contributed by atoms with van der Waals surface area (Å²) in [6.07, 6.45) is 0.829. The molecular formula is C16H20N4O2S. The van der Waals surface area contributed by atoms with Crippen LogP contribution in [0.15, 0.2) is 24.3 Å². The van der Waals surface area contributed by atoms with Gasteiger partial charge in [0, 0.05) is 13.1 Å². The van der Waals surface area contributed by atoms with E-state index in [1.165, 1.54) is 0 Å². The van der Waals surface area contributed by atoms with Crippen LogP contribution in [0.1, 0.15) is 12.2 Å². The molecule has 2 aromatic rings. The lowest BCUT2D eigenvalue weighted by Crippen LogP contribution is -2.38. The van der Waals surface area contributed by atoms with Gasteiger partial charge >= 0.3 is 0 Å². The first kappa shape index (κ1) is 15.9. The maximum atomic E-state index is 11.9. The maximum absolute atomic E-state index is 11.9. The molecule has 1 aromatic heterocycles. The van der Waals surface area contributed by atoms with E-state index in [4.69, 9.17) is 0 Å². The quantitative estimate of drug-likeness (QED) is 0.812. The SMILES string of the molecule is Cc1nc2ccccc2n1CCCNC(=O)CN1CSCC1=O. The fourth-order valence-electron chi connectivity index (χ4n) is 2.71. The second-order valence-electron chi connectivity index (χ2n) is 5.57. The summed E-state index contributed by atoms with van der Waals surface area (Å²) in [7, 11) is 0. The second kappa shape index (κ2) is 7.04. The molecule has 1 fully saturated rings. The Kier molecular flexibility index (Phi) is 4.85. The van der Waals surface area contributed by atoms with Gasteiger partial charge in [0.2, 0.25) is 11.8 Å². The van der Waals surface area contributed by atoms with E-state index >= 15 is 0 Å².